The van der Waals surface area contributed by atoms with E-state index in [9.17, 15) is 5.11 Å². The molecule has 0 saturated carbocycles. The molecule has 0 bridgehead atoms. The van der Waals surface area contributed by atoms with Gasteiger partial charge in [-0.2, -0.15) is 0 Å². The number of rotatable bonds is 5. The fourth-order valence-electron chi connectivity index (χ4n) is 3.41. The average Bonchev–Trinajstić information content (AvgIpc) is 3.10. The van der Waals surface area contributed by atoms with Crippen molar-refractivity contribution in [3.8, 4) is 22.8 Å². The van der Waals surface area contributed by atoms with E-state index in [0.717, 1.165) is 60.6 Å². The summed E-state index contributed by atoms with van der Waals surface area (Å²) in [7, 11) is 0. The quantitative estimate of drug-likeness (QED) is 0.677. The van der Waals surface area contributed by atoms with Crippen molar-refractivity contribution in [3.63, 3.8) is 0 Å². The van der Waals surface area contributed by atoms with E-state index >= 15 is 0 Å². The van der Waals surface area contributed by atoms with Gasteiger partial charge < -0.3 is 14.7 Å². The lowest BCUT2D eigenvalue weighted by molar-refractivity contribution is 0.122. The molecule has 148 valence electrons. The van der Waals surface area contributed by atoms with Crippen LogP contribution in [-0.4, -0.2) is 52.7 Å². The second-order valence-electron chi connectivity index (χ2n) is 6.76. The lowest BCUT2D eigenvalue weighted by atomic mass is 10.2. The molecule has 3 heterocycles. The summed E-state index contributed by atoms with van der Waals surface area (Å²) in [6, 6.07) is 11.1. The van der Waals surface area contributed by atoms with Crippen LogP contribution in [0, 0.1) is 6.92 Å². The molecule has 1 aliphatic heterocycles. The molecule has 0 unspecified atom stereocenters. The molecule has 1 saturated heterocycles. The summed E-state index contributed by atoms with van der Waals surface area (Å²) < 4.78 is 7.47. The van der Waals surface area contributed by atoms with Gasteiger partial charge in [-0.1, -0.05) is 0 Å². The van der Waals surface area contributed by atoms with Crippen molar-refractivity contribution in [2.75, 3.05) is 31.2 Å². The van der Waals surface area contributed by atoms with Gasteiger partial charge in [-0.05, 0) is 56.1 Å². The first-order chi connectivity index (χ1) is 14.2. The Hall–Kier alpha value is -3.45. The normalized spacial score (nSPS) is 14.4. The second-order valence-corrected chi connectivity index (χ2v) is 6.76. The van der Waals surface area contributed by atoms with Gasteiger partial charge in [0.1, 0.15) is 17.4 Å². The van der Waals surface area contributed by atoms with E-state index < -0.39 is 0 Å². The fraction of sp³-hybridized carbons (Fsp3) is 0.227. The minimum absolute atomic E-state index is 0.223. The van der Waals surface area contributed by atoms with Crippen LogP contribution < -0.4 is 4.90 Å². The summed E-state index contributed by atoms with van der Waals surface area (Å²) >= 11 is 0. The van der Waals surface area contributed by atoms with Crippen molar-refractivity contribution in [2.24, 2.45) is 4.99 Å². The number of hydrogen-bond acceptors (Lipinski definition) is 6. The molecule has 0 atom stereocenters. The van der Waals surface area contributed by atoms with Crippen molar-refractivity contribution in [1.29, 1.82) is 0 Å². The molecule has 4 rings (SSSR count). The largest absolute Gasteiger partial charge is 0.508 e. The van der Waals surface area contributed by atoms with E-state index in [4.69, 9.17) is 9.72 Å². The van der Waals surface area contributed by atoms with E-state index in [1.165, 1.54) is 0 Å². The molecular weight excluding hydrogens is 366 g/mol. The minimum atomic E-state index is 0.223. The van der Waals surface area contributed by atoms with Crippen LogP contribution in [-0.2, 0) is 4.74 Å². The Balaban J connectivity index is 1.76. The second kappa shape index (κ2) is 8.28. The zero-order valence-electron chi connectivity index (χ0n) is 16.3. The van der Waals surface area contributed by atoms with E-state index in [0.29, 0.717) is 0 Å². The molecule has 0 aliphatic carbocycles. The number of nitrogens with zero attached hydrogens (tertiary/aromatic N) is 5. The Labute approximate surface area is 169 Å². The summed E-state index contributed by atoms with van der Waals surface area (Å²) in [4.78, 5) is 15.5. The number of morpholine rings is 1. The van der Waals surface area contributed by atoms with Crippen molar-refractivity contribution in [2.45, 2.75) is 6.92 Å². The van der Waals surface area contributed by atoms with Gasteiger partial charge in [0.2, 0.25) is 0 Å². The highest BCUT2D eigenvalue weighted by Gasteiger charge is 2.17. The lowest BCUT2D eigenvalue weighted by Gasteiger charge is -2.27. The highest BCUT2D eigenvalue weighted by atomic mass is 16.5. The van der Waals surface area contributed by atoms with Gasteiger partial charge in [0, 0.05) is 42.4 Å². The Morgan fingerprint density at radius 1 is 1.14 bits per heavy atom. The molecule has 0 amide bonds. The third-order valence-corrected chi connectivity index (χ3v) is 4.93. The summed E-state index contributed by atoms with van der Waals surface area (Å²) in [5.41, 5.74) is 3.58. The Morgan fingerprint density at radius 2 is 1.90 bits per heavy atom. The molecule has 0 radical (unpaired) electrons. The summed E-state index contributed by atoms with van der Waals surface area (Å²) in [5, 5.41) is 9.66. The van der Waals surface area contributed by atoms with Crippen LogP contribution in [0.3, 0.4) is 0 Å². The SMILES string of the molecule is C=N/C=C\c1nc(-c2ccc(N3CCOCC3)nc2)n(-c2ccc(O)cc2)c1C. The molecule has 0 spiro atoms. The summed E-state index contributed by atoms with van der Waals surface area (Å²) in [6.07, 6.45) is 5.31. The smallest absolute Gasteiger partial charge is 0.147 e. The van der Waals surface area contributed by atoms with E-state index in [1.807, 2.05) is 48.0 Å². The van der Waals surface area contributed by atoms with Gasteiger partial charge >= 0.3 is 0 Å². The number of anilines is 1. The van der Waals surface area contributed by atoms with Crippen LogP contribution >= 0.6 is 0 Å². The van der Waals surface area contributed by atoms with Crippen LogP contribution in [0.1, 0.15) is 11.4 Å². The molecule has 7 nitrogen and oxygen atoms in total. The van der Waals surface area contributed by atoms with Crippen LogP contribution in [0.5, 0.6) is 5.75 Å². The van der Waals surface area contributed by atoms with E-state index in [1.54, 1.807) is 18.3 Å². The van der Waals surface area contributed by atoms with Crippen LogP contribution in [0.15, 0.2) is 53.8 Å². The van der Waals surface area contributed by atoms with E-state index in [2.05, 4.69) is 21.6 Å². The van der Waals surface area contributed by atoms with Crippen molar-refractivity contribution in [1.82, 2.24) is 14.5 Å². The van der Waals surface area contributed by atoms with Gasteiger partial charge in [-0.3, -0.25) is 9.56 Å². The zero-order chi connectivity index (χ0) is 20.2. The number of imidazole rings is 1. The fourth-order valence-corrected chi connectivity index (χ4v) is 3.41. The van der Waals surface area contributed by atoms with Crippen molar-refractivity contribution < 1.29 is 9.84 Å². The first-order valence-electron chi connectivity index (χ1n) is 9.47. The Morgan fingerprint density at radius 3 is 2.55 bits per heavy atom. The van der Waals surface area contributed by atoms with Crippen molar-refractivity contribution in [3.05, 3.63) is 60.2 Å². The summed E-state index contributed by atoms with van der Waals surface area (Å²) in [6.45, 7) is 8.63. The maximum absolute atomic E-state index is 9.66. The highest BCUT2D eigenvalue weighted by molar-refractivity contribution is 5.65. The molecule has 3 aromatic rings. The predicted octanol–water partition coefficient (Wildman–Crippen LogP) is 3.46. The third-order valence-electron chi connectivity index (χ3n) is 4.93. The standard InChI is InChI=1S/C22H23N5O2/c1-16-20(9-10-23-2)25-22(27(16)18-4-6-19(28)7-5-18)17-3-8-21(24-15-17)26-11-13-29-14-12-26/h3-10,15,28H,2,11-14H2,1H3/b10-9-. The van der Waals surface area contributed by atoms with Gasteiger partial charge in [0.25, 0.3) is 0 Å². The van der Waals surface area contributed by atoms with Gasteiger partial charge in [0.15, 0.2) is 0 Å². The monoisotopic (exact) mass is 389 g/mol. The van der Waals surface area contributed by atoms with Gasteiger partial charge in [-0.15, -0.1) is 0 Å². The average molecular weight is 389 g/mol. The number of ether oxygens (including phenoxy) is 1. The first kappa shape index (κ1) is 18.9. The molecule has 2 aromatic heterocycles. The number of benzene rings is 1. The highest BCUT2D eigenvalue weighted by Crippen LogP contribution is 2.28. The maximum Gasteiger partial charge on any atom is 0.147 e. The molecule has 29 heavy (non-hydrogen) atoms. The Kier molecular flexibility index (Phi) is 5.39. The molecule has 1 aromatic carbocycles. The maximum atomic E-state index is 9.66. The lowest BCUT2D eigenvalue weighted by Crippen LogP contribution is -2.36. The van der Waals surface area contributed by atoms with Gasteiger partial charge in [0.05, 0.1) is 18.9 Å². The number of hydrogen-bond donors (Lipinski definition) is 1. The topological polar surface area (TPSA) is 75.8 Å². The predicted molar refractivity (Wildman–Crippen MR) is 115 cm³/mol. The number of pyridine rings is 1. The first-order valence-corrected chi connectivity index (χ1v) is 9.47. The van der Waals surface area contributed by atoms with E-state index in [-0.39, 0.29) is 5.75 Å². The number of aliphatic imine (C=N–C) groups is 1. The molecule has 7 heteroatoms. The third kappa shape index (κ3) is 3.90. The minimum Gasteiger partial charge on any atom is -0.508 e. The summed E-state index contributed by atoms with van der Waals surface area (Å²) in [5.74, 6) is 1.94. The van der Waals surface area contributed by atoms with Crippen molar-refractivity contribution >= 4 is 18.6 Å². The zero-order valence-corrected chi connectivity index (χ0v) is 16.3. The molecule has 1 N–H and O–H groups in total. The van der Waals surface area contributed by atoms with Crippen LogP contribution in [0.2, 0.25) is 0 Å². The molecular formula is C22H23N5O2. The number of phenols is 1. The number of aromatic hydroxyl groups is 1. The molecule has 1 fully saturated rings. The molecule has 1 aliphatic rings. The van der Waals surface area contributed by atoms with Crippen LogP contribution in [0.25, 0.3) is 23.2 Å². The number of phenolic OH excluding ortho intramolecular Hbond substituents is 1. The van der Waals surface area contributed by atoms with Gasteiger partial charge in [-0.25, -0.2) is 9.97 Å². The number of aromatic nitrogens is 3. The Bertz CT molecular complexity index is 1020. The van der Waals surface area contributed by atoms with Crippen LogP contribution in [0.4, 0.5) is 5.82 Å².